The normalized spacial score (nSPS) is 15.0. The van der Waals surface area contributed by atoms with Crippen LogP contribution in [-0.2, 0) is 19.2 Å². The first-order valence-corrected chi connectivity index (χ1v) is 10.0. The molecule has 0 aromatic heterocycles. The molecule has 4 atom stereocenters. The lowest BCUT2D eigenvalue weighted by molar-refractivity contribution is -0.135. The molecule has 0 radical (unpaired) electrons. The van der Waals surface area contributed by atoms with Crippen molar-refractivity contribution >= 4 is 23.6 Å². The summed E-state index contributed by atoms with van der Waals surface area (Å²) >= 11 is 0. The number of carbonyl (C=O) groups excluding carboxylic acids is 4. The maximum Gasteiger partial charge on any atom is 0.245 e. The Labute approximate surface area is 172 Å². The van der Waals surface area contributed by atoms with E-state index in [9.17, 15) is 24.3 Å². The van der Waals surface area contributed by atoms with Crippen molar-refractivity contribution < 1.29 is 24.3 Å². The first kappa shape index (κ1) is 26.8. The fourth-order valence-electron chi connectivity index (χ4n) is 2.80. The molecule has 10 nitrogen and oxygen atoms in total. The van der Waals surface area contributed by atoms with Crippen LogP contribution in [-0.4, -0.2) is 66.6 Å². The monoisotopic (exact) mass is 415 g/mol. The molecule has 10 heteroatoms. The lowest BCUT2D eigenvalue weighted by Gasteiger charge is -2.26. The highest BCUT2D eigenvalue weighted by Crippen LogP contribution is 2.08. The summed E-state index contributed by atoms with van der Waals surface area (Å²) in [4.78, 5) is 48.8. The van der Waals surface area contributed by atoms with Gasteiger partial charge >= 0.3 is 0 Å². The molecule has 0 fully saturated rings. The summed E-state index contributed by atoms with van der Waals surface area (Å²) in [5.41, 5.74) is 5.51. The fraction of sp³-hybridized carbons (Fsp3) is 0.789. The van der Waals surface area contributed by atoms with E-state index < -0.39 is 42.0 Å². The van der Waals surface area contributed by atoms with E-state index in [-0.39, 0.29) is 11.8 Å². The zero-order valence-electron chi connectivity index (χ0n) is 18.1. The Balaban J connectivity index is 5.35. The quantitative estimate of drug-likeness (QED) is 0.206. The second kappa shape index (κ2) is 13.9. The molecule has 0 aliphatic rings. The zero-order chi connectivity index (χ0) is 22.6. The van der Waals surface area contributed by atoms with Gasteiger partial charge in [-0.05, 0) is 45.1 Å². The topological polar surface area (TPSA) is 163 Å². The van der Waals surface area contributed by atoms with Crippen molar-refractivity contribution in [1.29, 1.82) is 0 Å². The second-order valence-corrected chi connectivity index (χ2v) is 7.57. The Morgan fingerprint density at radius 3 is 1.93 bits per heavy atom. The number of rotatable bonds is 13. The smallest absolute Gasteiger partial charge is 0.245 e. The Hall–Kier alpha value is -2.20. The molecule has 0 aromatic rings. The first-order valence-electron chi connectivity index (χ1n) is 10.0. The largest absolute Gasteiger partial charge is 0.391 e. The number of nitrogens with one attached hydrogen (secondary N) is 4. The molecular formula is C19H37N5O5. The van der Waals surface area contributed by atoms with Gasteiger partial charge in [0.1, 0.15) is 18.1 Å². The number of likely N-dealkylation sites (N-methyl/N-ethyl adjacent to an activating group) is 1. The summed E-state index contributed by atoms with van der Waals surface area (Å²) in [5, 5.41) is 20.0. The van der Waals surface area contributed by atoms with Gasteiger partial charge in [0, 0.05) is 14.0 Å². The molecule has 7 N–H and O–H groups in total. The number of aliphatic hydroxyl groups is 1. The Morgan fingerprint density at radius 1 is 0.897 bits per heavy atom. The maximum absolute atomic E-state index is 12.8. The lowest BCUT2D eigenvalue weighted by Crippen LogP contribution is -2.58. The van der Waals surface area contributed by atoms with Crippen molar-refractivity contribution in [2.75, 3.05) is 13.6 Å². The molecule has 168 valence electrons. The standard InChI is InChI=1S/C19H37N5O5/c1-11(2)10-15(17(27)21-5)24-18(28)14(8-6-7-9-20)23-19(29)16(12(3)25)22-13(4)26/h11-12,14-16,25H,6-10,20H2,1-5H3,(H,21,27)(H,22,26)(H,23,29)(H,24,28)/t12?,14-,15+,16+/m1/s1. The molecule has 0 rings (SSSR count). The minimum atomic E-state index is -1.19. The van der Waals surface area contributed by atoms with Crippen LogP contribution in [0.2, 0.25) is 0 Å². The average molecular weight is 416 g/mol. The van der Waals surface area contributed by atoms with Gasteiger partial charge in [-0.3, -0.25) is 19.2 Å². The van der Waals surface area contributed by atoms with E-state index in [1.54, 1.807) is 0 Å². The van der Waals surface area contributed by atoms with Gasteiger partial charge in [-0.25, -0.2) is 0 Å². The van der Waals surface area contributed by atoms with Crippen LogP contribution in [0.15, 0.2) is 0 Å². The number of carbonyl (C=O) groups is 4. The highest BCUT2D eigenvalue weighted by Gasteiger charge is 2.30. The number of hydrogen-bond acceptors (Lipinski definition) is 6. The van der Waals surface area contributed by atoms with Crippen molar-refractivity contribution in [2.45, 2.75) is 77.6 Å². The third-order valence-corrected chi connectivity index (χ3v) is 4.29. The van der Waals surface area contributed by atoms with Crippen molar-refractivity contribution in [3.63, 3.8) is 0 Å². The summed E-state index contributed by atoms with van der Waals surface area (Å²) in [6, 6.07) is -2.85. The lowest BCUT2D eigenvalue weighted by atomic mass is 10.0. The fourth-order valence-corrected chi connectivity index (χ4v) is 2.80. The molecule has 0 aromatic carbocycles. The van der Waals surface area contributed by atoms with Crippen molar-refractivity contribution in [1.82, 2.24) is 21.3 Å². The molecule has 0 saturated carbocycles. The van der Waals surface area contributed by atoms with Crippen LogP contribution in [0, 0.1) is 5.92 Å². The number of hydrogen-bond donors (Lipinski definition) is 6. The van der Waals surface area contributed by atoms with Crippen molar-refractivity contribution in [3.8, 4) is 0 Å². The molecule has 29 heavy (non-hydrogen) atoms. The summed E-state index contributed by atoms with van der Waals surface area (Å²) in [5.74, 6) is -1.81. The molecule has 0 heterocycles. The van der Waals surface area contributed by atoms with Gasteiger partial charge in [0.15, 0.2) is 0 Å². The Morgan fingerprint density at radius 2 is 1.48 bits per heavy atom. The van der Waals surface area contributed by atoms with Crippen LogP contribution >= 0.6 is 0 Å². The summed E-state index contributed by atoms with van der Waals surface area (Å²) in [6.07, 6.45) is 0.853. The molecule has 0 bridgehead atoms. The van der Waals surface area contributed by atoms with Crippen LogP contribution in [0.5, 0.6) is 0 Å². The zero-order valence-corrected chi connectivity index (χ0v) is 18.1. The first-order chi connectivity index (χ1) is 13.5. The minimum Gasteiger partial charge on any atom is -0.391 e. The van der Waals surface area contributed by atoms with E-state index in [2.05, 4.69) is 21.3 Å². The summed E-state index contributed by atoms with van der Waals surface area (Å²) in [7, 11) is 1.49. The number of unbranched alkanes of at least 4 members (excludes halogenated alkanes) is 1. The molecule has 1 unspecified atom stereocenters. The van der Waals surface area contributed by atoms with E-state index in [0.29, 0.717) is 32.2 Å². The minimum absolute atomic E-state index is 0.169. The van der Waals surface area contributed by atoms with E-state index in [0.717, 1.165) is 0 Å². The van der Waals surface area contributed by atoms with Gasteiger partial charge < -0.3 is 32.1 Å². The van der Waals surface area contributed by atoms with Crippen LogP contribution in [0.25, 0.3) is 0 Å². The predicted octanol–water partition coefficient (Wildman–Crippen LogP) is -1.24. The van der Waals surface area contributed by atoms with Gasteiger partial charge in [-0.1, -0.05) is 13.8 Å². The van der Waals surface area contributed by atoms with Crippen LogP contribution in [0.1, 0.15) is 53.4 Å². The molecule has 0 saturated heterocycles. The third-order valence-electron chi connectivity index (χ3n) is 4.29. The number of aliphatic hydroxyl groups excluding tert-OH is 1. The molecular weight excluding hydrogens is 378 g/mol. The molecule has 4 amide bonds. The maximum atomic E-state index is 12.8. The van der Waals surface area contributed by atoms with Gasteiger partial charge in [0.2, 0.25) is 23.6 Å². The highest BCUT2D eigenvalue weighted by atomic mass is 16.3. The van der Waals surface area contributed by atoms with E-state index >= 15 is 0 Å². The average Bonchev–Trinajstić information content (AvgIpc) is 2.63. The SMILES string of the molecule is CNC(=O)[C@H](CC(C)C)NC(=O)[C@@H](CCCCN)NC(=O)[C@@H](NC(C)=O)C(C)O. The summed E-state index contributed by atoms with van der Waals surface area (Å²) in [6.45, 7) is 6.91. The van der Waals surface area contributed by atoms with E-state index in [1.807, 2.05) is 13.8 Å². The van der Waals surface area contributed by atoms with E-state index in [1.165, 1.54) is 20.9 Å². The summed E-state index contributed by atoms with van der Waals surface area (Å²) < 4.78 is 0. The van der Waals surface area contributed by atoms with Crippen LogP contribution in [0.3, 0.4) is 0 Å². The van der Waals surface area contributed by atoms with Crippen molar-refractivity contribution in [2.24, 2.45) is 11.7 Å². The second-order valence-electron chi connectivity index (χ2n) is 7.57. The van der Waals surface area contributed by atoms with Gasteiger partial charge in [0.25, 0.3) is 0 Å². The van der Waals surface area contributed by atoms with Gasteiger partial charge in [0.05, 0.1) is 6.10 Å². The third kappa shape index (κ3) is 10.8. The van der Waals surface area contributed by atoms with Gasteiger partial charge in [-0.15, -0.1) is 0 Å². The highest BCUT2D eigenvalue weighted by molar-refractivity contribution is 5.94. The predicted molar refractivity (Wildman–Crippen MR) is 110 cm³/mol. The molecule has 0 spiro atoms. The van der Waals surface area contributed by atoms with Gasteiger partial charge in [-0.2, -0.15) is 0 Å². The molecule has 0 aliphatic carbocycles. The van der Waals surface area contributed by atoms with Crippen molar-refractivity contribution in [3.05, 3.63) is 0 Å². The van der Waals surface area contributed by atoms with E-state index in [4.69, 9.17) is 5.73 Å². The Kier molecular flexibility index (Phi) is 12.8. The van der Waals surface area contributed by atoms with Crippen LogP contribution in [0.4, 0.5) is 0 Å². The number of nitrogens with two attached hydrogens (primary N) is 1. The molecule has 0 aliphatic heterocycles. The Bertz CT molecular complexity index is 553. The van der Waals surface area contributed by atoms with Crippen LogP contribution < -0.4 is 27.0 Å². The number of amides is 4.